The first kappa shape index (κ1) is 7.07. The van der Waals surface area contributed by atoms with Crippen LogP contribution in [0.5, 0.6) is 0 Å². The van der Waals surface area contributed by atoms with Gasteiger partial charge >= 0.3 is 0 Å². The van der Waals surface area contributed by atoms with Crippen molar-refractivity contribution in [1.29, 1.82) is 0 Å². The number of nitrogens with zero attached hydrogens (tertiary/aromatic N) is 1. The first-order chi connectivity index (χ1) is 5.83. The maximum Gasteiger partial charge on any atom is 0.0436 e. The van der Waals surface area contributed by atoms with E-state index >= 15 is 0 Å². The zero-order chi connectivity index (χ0) is 8.13. The van der Waals surface area contributed by atoms with Gasteiger partial charge in [-0.3, -0.25) is 0 Å². The Morgan fingerprint density at radius 2 is 2.42 bits per heavy atom. The molecule has 0 aromatic rings. The summed E-state index contributed by atoms with van der Waals surface area (Å²) in [4.78, 5) is 0. The van der Waals surface area contributed by atoms with Crippen molar-refractivity contribution in [1.82, 2.24) is 4.31 Å². The highest BCUT2D eigenvalue weighted by Gasteiger charge is 2.35. The predicted octanol–water partition coefficient (Wildman–Crippen LogP) is 2.43. The quantitative estimate of drug-likeness (QED) is 0.415. The van der Waals surface area contributed by atoms with Crippen molar-refractivity contribution >= 4 is 11.9 Å². The third-order valence-electron chi connectivity index (χ3n) is 3.06. The second kappa shape index (κ2) is 2.32. The molecule has 0 amide bonds. The SMILES string of the molecule is CC1CN2C=C1C1C=CC(C1)S2. The van der Waals surface area contributed by atoms with Crippen molar-refractivity contribution in [2.75, 3.05) is 6.54 Å². The molecule has 3 aliphatic rings. The lowest BCUT2D eigenvalue weighted by Crippen LogP contribution is -2.17. The Labute approximate surface area is 77.6 Å². The van der Waals surface area contributed by atoms with Gasteiger partial charge in [-0.25, -0.2) is 0 Å². The molecule has 1 nitrogen and oxygen atoms in total. The smallest absolute Gasteiger partial charge is 0.0436 e. The summed E-state index contributed by atoms with van der Waals surface area (Å²) < 4.78 is 2.42. The number of rotatable bonds is 0. The summed E-state index contributed by atoms with van der Waals surface area (Å²) in [7, 11) is 0. The zero-order valence-corrected chi connectivity index (χ0v) is 8.05. The first-order valence-corrected chi connectivity index (χ1v) is 5.50. The molecular formula is C10H13NS. The molecule has 0 fully saturated rings. The third-order valence-corrected chi connectivity index (χ3v) is 4.20. The molecule has 0 aromatic heterocycles. The molecule has 3 rings (SSSR count). The Hall–Kier alpha value is -0.370. The van der Waals surface area contributed by atoms with Crippen LogP contribution in [0.25, 0.3) is 0 Å². The summed E-state index contributed by atoms with van der Waals surface area (Å²) in [5, 5.41) is 0.760. The van der Waals surface area contributed by atoms with Crippen LogP contribution in [0.15, 0.2) is 23.9 Å². The van der Waals surface area contributed by atoms with E-state index in [2.05, 4.69) is 29.6 Å². The molecule has 0 spiro atoms. The third kappa shape index (κ3) is 0.875. The lowest BCUT2D eigenvalue weighted by molar-refractivity contribution is 0.534. The van der Waals surface area contributed by atoms with E-state index < -0.39 is 0 Å². The molecule has 0 saturated heterocycles. The van der Waals surface area contributed by atoms with Gasteiger partial charge in [-0.2, -0.15) is 0 Å². The minimum Gasteiger partial charge on any atom is -0.322 e. The van der Waals surface area contributed by atoms with Crippen molar-refractivity contribution in [3.8, 4) is 0 Å². The Balaban J connectivity index is 2.00. The molecule has 2 aliphatic heterocycles. The van der Waals surface area contributed by atoms with Gasteiger partial charge < -0.3 is 4.31 Å². The van der Waals surface area contributed by atoms with Gasteiger partial charge in [-0.05, 0) is 29.9 Å². The van der Waals surface area contributed by atoms with Crippen LogP contribution < -0.4 is 0 Å². The highest BCUT2D eigenvalue weighted by Crippen LogP contribution is 2.44. The molecule has 0 radical (unpaired) electrons. The molecule has 1 aliphatic carbocycles. The lowest BCUT2D eigenvalue weighted by atomic mass is 9.91. The Morgan fingerprint density at radius 3 is 3.33 bits per heavy atom. The summed E-state index contributed by atoms with van der Waals surface area (Å²) in [5.74, 6) is 1.55. The molecule has 3 unspecified atom stereocenters. The Morgan fingerprint density at radius 1 is 1.50 bits per heavy atom. The fourth-order valence-corrected chi connectivity index (χ4v) is 3.72. The van der Waals surface area contributed by atoms with E-state index in [0.717, 1.165) is 17.1 Å². The zero-order valence-electron chi connectivity index (χ0n) is 7.23. The molecule has 4 bridgehead atoms. The standard InChI is InChI=1S/C10H13NS/c1-7-5-11-6-10(7)8-2-3-9(4-8)12-11/h2-3,6-9H,4-5H2,1H3. The van der Waals surface area contributed by atoms with Gasteiger partial charge in [0.15, 0.2) is 0 Å². The molecule has 64 valence electrons. The van der Waals surface area contributed by atoms with Crippen molar-refractivity contribution in [3.05, 3.63) is 23.9 Å². The molecule has 2 heteroatoms. The van der Waals surface area contributed by atoms with Gasteiger partial charge in [-0.1, -0.05) is 19.1 Å². The number of allylic oxidation sites excluding steroid dienone is 1. The summed E-state index contributed by atoms with van der Waals surface area (Å²) in [6.07, 6.45) is 8.51. The van der Waals surface area contributed by atoms with E-state index in [9.17, 15) is 0 Å². The molecular weight excluding hydrogens is 166 g/mol. The van der Waals surface area contributed by atoms with E-state index in [1.54, 1.807) is 5.57 Å². The lowest BCUT2D eigenvalue weighted by Gasteiger charge is -2.21. The number of hydrogen-bond acceptors (Lipinski definition) is 2. The van der Waals surface area contributed by atoms with Crippen molar-refractivity contribution < 1.29 is 0 Å². The topological polar surface area (TPSA) is 3.24 Å². The molecule has 3 atom stereocenters. The second-order valence-electron chi connectivity index (χ2n) is 4.00. The highest BCUT2D eigenvalue weighted by atomic mass is 32.2. The van der Waals surface area contributed by atoms with Crippen LogP contribution in [0.1, 0.15) is 13.3 Å². The first-order valence-electron chi connectivity index (χ1n) is 4.66. The van der Waals surface area contributed by atoms with E-state index in [1.807, 2.05) is 11.9 Å². The Kier molecular flexibility index (Phi) is 1.37. The van der Waals surface area contributed by atoms with Crippen molar-refractivity contribution in [3.63, 3.8) is 0 Å². The summed E-state index contributed by atoms with van der Waals surface area (Å²) >= 11 is 2.01. The molecule has 0 saturated carbocycles. The van der Waals surface area contributed by atoms with Crippen molar-refractivity contribution in [2.45, 2.75) is 18.6 Å². The summed E-state index contributed by atoms with van der Waals surface area (Å²) in [6, 6.07) is 0. The molecule has 0 aromatic carbocycles. The summed E-state index contributed by atoms with van der Waals surface area (Å²) in [6.45, 7) is 3.58. The van der Waals surface area contributed by atoms with Crippen molar-refractivity contribution in [2.24, 2.45) is 11.8 Å². The summed E-state index contributed by atoms with van der Waals surface area (Å²) in [5.41, 5.74) is 1.67. The Bertz CT molecular complexity index is 269. The minimum atomic E-state index is 0.760. The minimum absolute atomic E-state index is 0.760. The van der Waals surface area contributed by atoms with Gasteiger partial charge in [0.1, 0.15) is 0 Å². The van der Waals surface area contributed by atoms with Crippen LogP contribution in [0.3, 0.4) is 0 Å². The van der Waals surface area contributed by atoms with E-state index in [1.165, 1.54) is 13.0 Å². The van der Waals surface area contributed by atoms with Crippen LogP contribution in [-0.2, 0) is 0 Å². The van der Waals surface area contributed by atoms with E-state index in [0.29, 0.717) is 0 Å². The maximum absolute atomic E-state index is 2.42. The second-order valence-corrected chi connectivity index (χ2v) is 5.29. The van der Waals surface area contributed by atoms with Crippen LogP contribution in [0.4, 0.5) is 0 Å². The van der Waals surface area contributed by atoms with E-state index in [-0.39, 0.29) is 0 Å². The molecule has 0 N–H and O–H groups in total. The van der Waals surface area contributed by atoms with Crippen LogP contribution in [-0.4, -0.2) is 16.1 Å². The fourth-order valence-electron chi connectivity index (χ4n) is 2.42. The van der Waals surface area contributed by atoms with Gasteiger partial charge in [0.25, 0.3) is 0 Å². The molecule has 12 heavy (non-hydrogen) atoms. The monoisotopic (exact) mass is 179 g/mol. The van der Waals surface area contributed by atoms with Gasteiger partial charge in [0, 0.05) is 23.9 Å². The molecule has 2 heterocycles. The van der Waals surface area contributed by atoms with Gasteiger partial charge in [-0.15, -0.1) is 0 Å². The predicted molar refractivity (Wildman–Crippen MR) is 52.6 cm³/mol. The fraction of sp³-hybridized carbons (Fsp3) is 0.600. The van der Waals surface area contributed by atoms with Gasteiger partial charge in [0.2, 0.25) is 0 Å². The van der Waals surface area contributed by atoms with Gasteiger partial charge in [0.05, 0.1) is 0 Å². The maximum atomic E-state index is 2.42. The number of hydrogen-bond donors (Lipinski definition) is 0. The van der Waals surface area contributed by atoms with E-state index in [4.69, 9.17) is 0 Å². The van der Waals surface area contributed by atoms with Crippen LogP contribution >= 0.6 is 11.9 Å². The average molecular weight is 179 g/mol. The van der Waals surface area contributed by atoms with Crippen LogP contribution in [0.2, 0.25) is 0 Å². The number of fused-ring (bicyclic) bond motifs is 4. The average Bonchev–Trinajstić information content (AvgIpc) is 2.50. The normalized spacial score (nSPS) is 43.2. The highest BCUT2D eigenvalue weighted by molar-refractivity contribution is 7.97. The largest absolute Gasteiger partial charge is 0.322 e. The van der Waals surface area contributed by atoms with Crippen LogP contribution in [0, 0.1) is 11.8 Å².